The van der Waals surface area contributed by atoms with Crippen LogP contribution >= 0.6 is 24.2 Å². The van der Waals surface area contributed by atoms with E-state index in [9.17, 15) is 10.2 Å². The zero-order valence-electron chi connectivity index (χ0n) is 9.44. The normalized spacial score (nSPS) is 14.9. The molecule has 4 heteroatoms. The molecule has 90 valence electrons. The second-order valence-electron chi connectivity index (χ2n) is 3.98. The van der Waals surface area contributed by atoms with Crippen molar-refractivity contribution in [2.75, 3.05) is 5.75 Å². The van der Waals surface area contributed by atoms with Crippen molar-refractivity contribution < 1.29 is 10.2 Å². The van der Waals surface area contributed by atoms with Crippen molar-refractivity contribution in [2.24, 2.45) is 0 Å². The molecule has 1 rings (SSSR count). The fraction of sp³-hybridized carbons (Fsp3) is 0.500. The largest absolute Gasteiger partial charge is 0.390 e. The van der Waals surface area contributed by atoms with E-state index >= 15 is 0 Å². The number of hydrogen-bond acceptors (Lipinski definition) is 3. The predicted octanol–water partition coefficient (Wildman–Crippen LogP) is 2.67. The van der Waals surface area contributed by atoms with Gasteiger partial charge in [-0.25, -0.2) is 0 Å². The van der Waals surface area contributed by atoms with Gasteiger partial charge in [0.25, 0.3) is 0 Å². The van der Waals surface area contributed by atoms with Gasteiger partial charge in [-0.1, -0.05) is 11.6 Å². The molecular weight excluding hydrogens is 244 g/mol. The van der Waals surface area contributed by atoms with Crippen LogP contribution in [0.5, 0.6) is 0 Å². The first-order chi connectivity index (χ1) is 7.47. The molecular formula is C12H17ClO2S. The third-order valence-electron chi connectivity index (χ3n) is 2.64. The van der Waals surface area contributed by atoms with E-state index in [0.29, 0.717) is 17.2 Å². The van der Waals surface area contributed by atoms with Crippen LogP contribution in [0.15, 0.2) is 12.1 Å². The van der Waals surface area contributed by atoms with Crippen LogP contribution in [0.3, 0.4) is 0 Å². The van der Waals surface area contributed by atoms with Crippen molar-refractivity contribution in [2.45, 2.75) is 32.5 Å². The average Bonchev–Trinajstić information content (AvgIpc) is 2.16. The van der Waals surface area contributed by atoms with Crippen LogP contribution in [-0.2, 0) is 0 Å². The van der Waals surface area contributed by atoms with Gasteiger partial charge in [-0.3, -0.25) is 0 Å². The molecule has 0 bridgehead atoms. The molecule has 0 saturated heterocycles. The van der Waals surface area contributed by atoms with Crippen LogP contribution in [0.25, 0.3) is 0 Å². The van der Waals surface area contributed by atoms with Gasteiger partial charge >= 0.3 is 0 Å². The molecule has 0 heterocycles. The average molecular weight is 261 g/mol. The van der Waals surface area contributed by atoms with E-state index in [4.69, 9.17) is 11.6 Å². The smallest absolute Gasteiger partial charge is 0.105 e. The Bertz CT molecular complexity index is 345. The lowest BCUT2D eigenvalue weighted by Gasteiger charge is -2.21. The molecule has 2 N–H and O–H groups in total. The molecule has 0 aliphatic heterocycles. The van der Waals surface area contributed by atoms with Gasteiger partial charge < -0.3 is 10.2 Å². The number of rotatable bonds is 4. The van der Waals surface area contributed by atoms with Crippen molar-refractivity contribution in [1.82, 2.24) is 0 Å². The molecule has 2 atom stereocenters. The number of aliphatic hydroxyl groups is 2. The summed E-state index contributed by atoms with van der Waals surface area (Å²) in [6.07, 6.45) is -1.19. The predicted molar refractivity (Wildman–Crippen MR) is 70.4 cm³/mol. The lowest BCUT2D eigenvalue weighted by molar-refractivity contribution is 0.0165. The van der Waals surface area contributed by atoms with E-state index in [2.05, 4.69) is 12.6 Å². The summed E-state index contributed by atoms with van der Waals surface area (Å²) in [7, 11) is 0. The molecule has 2 unspecified atom stereocenters. The summed E-state index contributed by atoms with van der Waals surface area (Å²) in [5.41, 5.74) is 2.56. The highest BCUT2D eigenvalue weighted by Crippen LogP contribution is 2.28. The zero-order chi connectivity index (χ0) is 12.3. The Hall–Kier alpha value is -0.220. The number of benzene rings is 1. The Balaban J connectivity index is 3.03. The SMILES string of the molecule is Cc1cc(Cl)cc(C)c1C(O)C(O)CCS. The molecule has 0 aromatic heterocycles. The van der Waals surface area contributed by atoms with E-state index < -0.39 is 12.2 Å². The first kappa shape index (κ1) is 13.8. The van der Waals surface area contributed by atoms with E-state index in [-0.39, 0.29) is 0 Å². The maximum Gasteiger partial charge on any atom is 0.105 e. The summed E-state index contributed by atoms with van der Waals surface area (Å²) >= 11 is 9.95. The fourth-order valence-corrected chi connectivity index (χ4v) is 2.46. The third-order valence-corrected chi connectivity index (χ3v) is 3.12. The van der Waals surface area contributed by atoms with Crippen molar-refractivity contribution in [3.05, 3.63) is 33.8 Å². The monoisotopic (exact) mass is 260 g/mol. The zero-order valence-corrected chi connectivity index (χ0v) is 11.1. The van der Waals surface area contributed by atoms with Crippen molar-refractivity contribution in [1.29, 1.82) is 0 Å². The molecule has 2 nitrogen and oxygen atoms in total. The second-order valence-corrected chi connectivity index (χ2v) is 4.86. The first-order valence-corrected chi connectivity index (χ1v) is 6.22. The van der Waals surface area contributed by atoms with Crippen LogP contribution in [0, 0.1) is 13.8 Å². The number of hydrogen-bond donors (Lipinski definition) is 3. The maximum atomic E-state index is 10.0. The van der Waals surface area contributed by atoms with E-state index in [0.717, 1.165) is 16.7 Å². The Labute approximate surface area is 107 Å². The van der Waals surface area contributed by atoms with Gasteiger partial charge in [0.05, 0.1) is 6.10 Å². The topological polar surface area (TPSA) is 40.5 Å². The van der Waals surface area contributed by atoms with Crippen LogP contribution in [0.1, 0.15) is 29.2 Å². The highest BCUT2D eigenvalue weighted by Gasteiger charge is 2.21. The van der Waals surface area contributed by atoms with Crippen LogP contribution in [0.4, 0.5) is 0 Å². The highest BCUT2D eigenvalue weighted by molar-refractivity contribution is 7.80. The molecule has 1 aromatic rings. The quantitative estimate of drug-likeness (QED) is 0.729. The lowest BCUT2D eigenvalue weighted by Crippen LogP contribution is -2.20. The van der Waals surface area contributed by atoms with Crippen molar-refractivity contribution in [3.63, 3.8) is 0 Å². The van der Waals surface area contributed by atoms with E-state index in [1.165, 1.54) is 0 Å². The molecule has 16 heavy (non-hydrogen) atoms. The van der Waals surface area contributed by atoms with Gasteiger partial charge in [0.1, 0.15) is 6.10 Å². The minimum atomic E-state index is -0.871. The molecule has 0 spiro atoms. The lowest BCUT2D eigenvalue weighted by atomic mass is 9.94. The summed E-state index contributed by atoms with van der Waals surface area (Å²) in [5, 5.41) is 20.5. The number of aryl methyl sites for hydroxylation is 2. The number of aliphatic hydroxyl groups excluding tert-OH is 2. The van der Waals surface area contributed by atoms with Gasteiger partial charge in [0.15, 0.2) is 0 Å². The first-order valence-electron chi connectivity index (χ1n) is 5.21. The standard InChI is InChI=1S/C12H17ClO2S/c1-7-5-9(13)6-8(2)11(7)12(15)10(14)3-4-16/h5-6,10,12,14-16H,3-4H2,1-2H3. The van der Waals surface area contributed by atoms with Gasteiger partial charge in [0, 0.05) is 5.02 Å². The number of thiol groups is 1. The molecule has 0 amide bonds. The minimum Gasteiger partial charge on any atom is -0.390 e. The summed E-state index contributed by atoms with van der Waals surface area (Å²) in [6.45, 7) is 3.76. The molecule has 0 radical (unpaired) electrons. The second kappa shape index (κ2) is 5.92. The molecule has 0 fully saturated rings. The molecule has 1 aromatic carbocycles. The van der Waals surface area contributed by atoms with Crippen molar-refractivity contribution >= 4 is 24.2 Å². The summed E-state index contributed by atoms with van der Waals surface area (Å²) in [5.74, 6) is 0.546. The Kier molecular flexibility index (Phi) is 5.12. The summed E-state index contributed by atoms with van der Waals surface area (Å²) in [4.78, 5) is 0. The molecule has 0 aliphatic carbocycles. The van der Waals surface area contributed by atoms with Crippen LogP contribution in [-0.4, -0.2) is 22.1 Å². The van der Waals surface area contributed by atoms with E-state index in [1.54, 1.807) is 12.1 Å². The third kappa shape index (κ3) is 3.14. The summed E-state index contributed by atoms with van der Waals surface area (Å²) in [6, 6.07) is 3.58. The van der Waals surface area contributed by atoms with Gasteiger partial charge in [-0.15, -0.1) is 0 Å². The molecule has 0 aliphatic rings. The summed E-state index contributed by atoms with van der Waals surface area (Å²) < 4.78 is 0. The highest BCUT2D eigenvalue weighted by atomic mass is 35.5. The van der Waals surface area contributed by atoms with Crippen molar-refractivity contribution in [3.8, 4) is 0 Å². The maximum absolute atomic E-state index is 10.0. The van der Waals surface area contributed by atoms with Gasteiger partial charge in [0.2, 0.25) is 0 Å². The van der Waals surface area contributed by atoms with Gasteiger partial charge in [-0.05, 0) is 54.8 Å². The minimum absolute atomic E-state index is 0.464. The van der Waals surface area contributed by atoms with Gasteiger partial charge in [-0.2, -0.15) is 12.6 Å². The van der Waals surface area contributed by atoms with E-state index in [1.807, 2.05) is 13.8 Å². The number of halogens is 1. The fourth-order valence-electron chi connectivity index (χ4n) is 1.87. The Morgan fingerprint density at radius 1 is 1.25 bits per heavy atom. The Morgan fingerprint density at radius 2 is 1.75 bits per heavy atom. The molecule has 0 saturated carbocycles. The van der Waals surface area contributed by atoms with Crippen LogP contribution < -0.4 is 0 Å². The Morgan fingerprint density at radius 3 is 2.19 bits per heavy atom. The van der Waals surface area contributed by atoms with Crippen LogP contribution in [0.2, 0.25) is 5.02 Å².